The highest BCUT2D eigenvalue weighted by Crippen LogP contribution is 2.43. The van der Waals surface area contributed by atoms with Gasteiger partial charge in [-0.15, -0.1) is 0 Å². The van der Waals surface area contributed by atoms with Gasteiger partial charge in [-0.25, -0.2) is 4.99 Å². The molecule has 4 aromatic rings. The van der Waals surface area contributed by atoms with Gasteiger partial charge in [0.2, 0.25) is 5.90 Å². The molecule has 0 saturated carbocycles. The second kappa shape index (κ2) is 14.4. The number of carbonyl (C=O) groups excluding carboxylic acids is 1. The van der Waals surface area contributed by atoms with Crippen LogP contribution in [-0.4, -0.2) is 49.9 Å². The number of nitrogens with zero attached hydrogens (tertiary/aromatic N) is 1. The summed E-state index contributed by atoms with van der Waals surface area (Å²) in [7, 11) is 3.23. The molecule has 0 unspecified atom stereocenters. The quantitative estimate of drug-likeness (QED) is 0.170. The van der Waals surface area contributed by atoms with Crippen LogP contribution in [0.5, 0.6) is 17.2 Å². The molecule has 0 bridgehead atoms. The second-order valence-electron chi connectivity index (χ2n) is 10.4. The van der Waals surface area contributed by atoms with Crippen LogP contribution < -0.4 is 19.5 Å². The third-order valence-electron chi connectivity index (χ3n) is 7.43. The molecule has 9 heteroatoms. The molecule has 4 aromatic carbocycles. The molecule has 8 nitrogen and oxygen atoms in total. The van der Waals surface area contributed by atoms with E-state index in [1.165, 1.54) is 0 Å². The molecule has 44 heavy (non-hydrogen) atoms. The van der Waals surface area contributed by atoms with E-state index in [2.05, 4.69) is 21.2 Å². The van der Waals surface area contributed by atoms with Crippen molar-refractivity contribution in [2.75, 3.05) is 27.4 Å². The van der Waals surface area contributed by atoms with Gasteiger partial charge in [-0.2, -0.15) is 0 Å². The van der Waals surface area contributed by atoms with Gasteiger partial charge in [0.05, 0.1) is 20.8 Å². The van der Waals surface area contributed by atoms with Crippen LogP contribution in [0.2, 0.25) is 0 Å². The first-order valence-electron chi connectivity index (χ1n) is 14.3. The first-order valence-corrected chi connectivity index (χ1v) is 15.1. The van der Waals surface area contributed by atoms with E-state index in [1.54, 1.807) is 14.2 Å². The molecule has 0 fully saturated rings. The fourth-order valence-electron chi connectivity index (χ4n) is 5.08. The molecule has 0 radical (unpaired) electrons. The summed E-state index contributed by atoms with van der Waals surface area (Å²) < 4.78 is 24.1. The maximum absolute atomic E-state index is 14.4. The zero-order valence-corrected chi connectivity index (χ0v) is 26.3. The van der Waals surface area contributed by atoms with Gasteiger partial charge in [0.15, 0.2) is 11.6 Å². The van der Waals surface area contributed by atoms with Crippen molar-refractivity contribution < 1.29 is 28.8 Å². The number of aliphatic hydroxyl groups excluding tert-OH is 1. The summed E-state index contributed by atoms with van der Waals surface area (Å²) in [5.41, 5.74) is 2.01. The summed E-state index contributed by atoms with van der Waals surface area (Å²) in [6.45, 7) is 0.783. The molecule has 5 rings (SSSR count). The highest BCUT2D eigenvalue weighted by Gasteiger charge is 2.53. The topological polar surface area (TPSA) is 98.6 Å². The molecular weight excluding hydrogens is 624 g/mol. The fraction of sp³-hybridized carbons (Fsp3) is 0.257. The van der Waals surface area contributed by atoms with E-state index < -0.39 is 11.6 Å². The van der Waals surface area contributed by atoms with Crippen LogP contribution in [0.4, 0.5) is 0 Å². The lowest BCUT2D eigenvalue weighted by Crippen LogP contribution is -2.49. The largest absolute Gasteiger partial charge is 0.497 e. The summed E-state index contributed by atoms with van der Waals surface area (Å²) in [5, 5.41) is 12.2. The maximum Gasteiger partial charge on any atom is 0.252 e. The van der Waals surface area contributed by atoms with E-state index in [9.17, 15) is 4.79 Å². The molecule has 0 aliphatic carbocycles. The van der Waals surface area contributed by atoms with Crippen LogP contribution in [0.1, 0.15) is 34.8 Å². The molecule has 0 saturated heterocycles. The first-order chi connectivity index (χ1) is 21.4. The van der Waals surface area contributed by atoms with Crippen LogP contribution in [0.15, 0.2) is 107 Å². The Hall–Kier alpha value is -4.34. The number of carbonyl (C=O) groups is 1. The highest BCUT2D eigenvalue weighted by atomic mass is 79.9. The third kappa shape index (κ3) is 7.23. The van der Waals surface area contributed by atoms with Crippen molar-refractivity contribution in [2.45, 2.75) is 31.0 Å². The molecule has 1 aliphatic rings. The lowest BCUT2D eigenvalue weighted by Gasteiger charge is -2.31. The third-order valence-corrected chi connectivity index (χ3v) is 7.95. The van der Waals surface area contributed by atoms with Crippen LogP contribution in [0, 0.1) is 0 Å². The Morgan fingerprint density at radius 2 is 1.59 bits per heavy atom. The van der Waals surface area contributed by atoms with E-state index in [0.717, 1.165) is 26.9 Å². The molecular formula is C35H35BrN2O6. The van der Waals surface area contributed by atoms with Crippen molar-refractivity contribution in [2.24, 2.45) is 4.99 Å². The van der Waals surface area contributed by atoms with Gasteiger partial charge in [0.1, 0.15) is 17.2 Å². The lowest BCUT2D eigenvalue weighted by molar-refractivity contribution is -0.129. The predicted molar refractivity (Wildman–Crippen MR) is 172 cm³/mol. The predicted octanol–water partition coefficient (Wildman–Crippen LogP) is 6.04. The van der Waals surface area contributed by atoms with Gasteiger partial charge in [0.25, 0.3) is 5.91 Å². The summed E-state index contributed by atoms with van der Waals surface area (Å²) in [6, 6.07) is 30.4. The monoisotopic (exact) mass is 658 g/mol. The Morgan fingerprint density at radius 3 is 2.27 bits per heavy atom. The molecule has 0 spiro atoms. The molecule has 1 aliphatic heterocycles. The number of aliphatic hydroxyl groups is 1. The fourth-order valence-corrected chi connectivity index (χ4v) is 5.34. The van der Waals surface area contributed by atoms with Crippen LogP contribution in [0.3, 0.4) is 0 Å². The highest BCUT2D eigenvalue weighted by molar-refractivity contribution is 9.10. The van der Waals surface area contributed by atoms with Gasteiger partial charge in [-0.05, 0) is 77.4 Å². The summed E-state index contributed by atoms with van der Waals surface area (Å²) in [4.78, 5) is 19.5. The molecule has 228 valence electrons. The Labute approximate surface area is 265 Å². The number of hydrogen-bond donors (Lipinski definition) is 2. The summed E-state index contributed by atoms with van der Waals surface area (Å²) in [6.07, 6.45) is 0.0968. The number of ether oxygens (including phenoxy) is 4. The van der Waals surface area contributed by atoms with Crippen molar-refractivity contribution in [1.82, 2.24) is 5.32 Å². The van der Waals surface area contributed by atoms with Crippen molar-refractivity contribution in [3.8, 4) is 17.2 Å². The van der Waals surface area contributed by atoms with Gasteiger partial charge in [-0.3, -0.25) is 4.79 Å². The van der Waals surface area contributed by atoms with Crippen molar-refractivity contribution in [1.29, 1.82) is 0 Å². The Bertz CT molecular complexity index is 1570. The van der Waals surface area contributed by atoms with Gasteiger partial charge >= 0.3 is 0 Å². The minimum Gasteiger partial charge on any atom is -0.497 e. The lowest BCUT2D eigenvalue weighted by atomic mass is 9.82. The van der Waals surface area contributed by atoms with Crippen LogP contribution >= 0.6 is 15.9 Å². The molecule has 2 atom stereocenters. The van der Waals surface area contributed by atoms with E-state index in [1.807, 2.05) is 97.1 Å². The number of benzene rings is 4. The number of amides is 1. The van der Waals surface area contributed by atoms with Crippen molar-refractivity contribution in [3.63, 3.8) is 0 Å². The summed E-state index contributed by atoms with van der Waals surface area (Å²) >= 11 is 3.51. The second-order valence-corrected chi connectivity index (χ2v) is 11.3. The number of nitrogens with one attached hydrogen (secondary N) is 1. The van der Waals surface area contributed by atoms with E-state index in [4.69, 9.17) is 29.0 Å². The number of halogens is 1. The molecule has 1 heterocycles. The van der Waals surface area contributed by atoms with E-state index in [-0.39, 0.29) is 12.5 Å². The zero-order chi connectivity index (χ0) is 30.9. The normalized spacial score (nSPS) is 17.4. The average Bonchev–Trinajstić information content (AvgIpc) is 3.45. The van der Waals surface area contributed by atoms with E-state index >= 15 is 0 Å². The summed E-state index contributed by atoms with van der Waals surface area (Å²) in [5.74, 6) is 2.16. The smallest absolute Gasteiger partial charge is 0.252 e. The Morgan fingerprint density at radius 1 is 0.909 bits per heavy atom. The minimum absolute atomic E-state index is 0.0648. The van der Waals surface area contributed by atoms with Gasteiger partial charge in [0, 0.05) is 36.0 Å². The first kappa shape index (κ1) is 31.1. The van der Waals surface area contributed by atoms with Crippen LogP contribution in [-0.2, 0) is 22.5 Å². The minimum atomic E-state index is -1.34. The number of hydrogen-bond acceptors (Lipinski definition) is 7. The Balaban J connectivity index is 1.55. The maximum atomic E-state index is 14.4. The van der Waals surface area contributed by atoms with Gasteiger partial charge < -0.3 is 29.4 Å². The van der Waals surface area contributed by atoms with Crippen LogP contribution in [0.25, 0.3) is 0 Å². The Kier molecular flexibility index (Phi) is 10.2. The molecule has 2 N–H and O–H groups in total. The van der Waals surface area contributed by atoms with Crippen molar-refractivity contribution in [3.05, 3.63) is 124 Å². The zero-order valence-electron chi connectivity index (χ0n) is 24.7. The number of rotatable bonds is 13. The van der Waals surface area contributed by atoms with Crippen molar-refractivity contribution >= 4 is 27.7 Å². The standard InChI is InChI=1S/C35H35BrN2O6/c1-41-29-15-9-25(10-16-29)23-37-34(40)35(22-24-7-13-28(36)14-8-24)32(27-5-3-6-31(21-27)42-2)44-33(38-35)26-11-17-30(18-12-26)43-20-4-19-39/h3,5-18,21,32,39H,4,19-20,22-23H2,1-2H3,(H,37,40)/t32-,35-/m1/s1. The van der Waals surface area contributed by atoms with Gasteiger partial charge in [-0.1, -0.05) is 52.3 Å². The number of aliphatic imine (C=N–C) groups is 1. The molecule has 1 amide bonds. The molecule has 0 aromatic heterocycles. The average molecular weight is 660 g/mol. The SMILES string of the molecule is COc1ccc(CNC(=O)[C@]2(Cc3ccc(Br)cc3)N=C(c3ccc(OCCCO)cc3)O[C@@H]2c2cccc(OC)c2)cc1. The van der Waals surface area contributed by atoms with E-state index in [0.29, 0.717) is 49.0 Å². The number of methoxy groups -OCH3 is 2.